The van der Waals surface area contributed by atoms with Gasteiger partial charge in [-0.2, -0.15) is 13.2 Å². The number of hydrogen-bond donors (Lipinski definition) is 3. The highest BCUT2D eigenvalue weighted by molar-refractivity contribution is 5.96. The van der Waals surface area contributed by atoms with Crippen molar-refractivity contribution in [2.24, 2.45) is 0 Å². The number of imidazole rings is 1. The van der Waals surface area contributed by atoms with E-state index in [1.54, 1.807) is 18.3 Å². The summed E-state index contributed by atoms with van der Waals surface area (Å²) in [5, 5.41) is 14.8. The Morgan fingerprint density at radius 2 is 2.03 bits per heavy atom. The van der Waals surface area contributed by atoms with Crippen LogP contribution in [0.3, 0.4) is 0 Å². The largest absolute Gasteiger partial charge is 0.396 e. The molecule has 1 aromatic carbocycles. The van der Waals surface area contributed by atoms with Gasteiger partial charge in [-0.05, 0) is 56.0 Å². The predicted octanol–water partition coefficient (Wildman–Crippen LogP) is 4.35. The van der Waals surface area contributed by atoms with E-state index in [1.807, 2.05) is 36.6 Å². The summed E-state index contributed by atoms with van der Waals surface area (Å²) in [7, 11) is 0. The van der Waals surface area contributed by atoms with Gasteiger partial charge in [0, 0.05) is 37.0 Å². The molecule has 0 atom stereocenters. The molecule has 0 unspecified atom stereocenters. The first-order valence-electron chi connectivity index (χ1n) is 10.5. The Kier molecular flexibility index (Phi) is 7.40. The van der Waals surface area contributed by atoms with Crippen molar-refractivity contribution in [3.8, 4) is 11.3 Å². The third-order valence-electron chi connectivity index (χ3n) is 5.11. The highest BCUT2D eigenvalue weighted by Gasteiger charge is 2.26. The summed E-state index contributed by atoms with van der Waals surface area (Å²) in [5.74, 6) is -0.142. The Bertz CT molecular complexity index is 1090. The van der Waals surface area contributed by atoms with Crippen molar-refractivity contribution in [3.63, 3.8) is 0 Å². The Labute approximate surface area is 184 Å². The lowest BCUT2D eigenvalue weighted by molar-refractivity contribution is -0.131. The number of nitrogens with one attached hydrogen (secondary N) is 2. The molecular weight excluding hydrogens is 421 g/mol. The third-order valence-corrected chi connectivity index (χ3v) is 5.11. The van der Waals surface area contributed by atoms with Crippen LogP contribution < -0.4 is 10.6 Å². The molecule has 1 amide bonds. The molecule has 0 saturated heterocycles. The van der Waals surface area contributed by atoms with E-state index in [0.29, 0.717) is 36.3 Å². The number of amides is 1. The zero-order valence-corrected chi connectivity index (χ0v) is 18.1. The van der Waals surface area contributed by atoms with Gasteiger partial charge >= 0.3 is 6.18 Å². The molecule has 0 aliphatic heterocycles. The fraction of sp³-hybridized carbons (Fsp3) is 0.391. The summed E-state index contributed by atoms with van der Waals surface area (Å²) in [6.45, 7) is 4.01. The Balaban J connectivity index is 2.00. The van der Waals surface area contributed by atoms with Gasteiger partial charge in [0.15, 0.2) is 5.65 Å². The van der Waals surface area contributed by atoms with Crippen molar-refractivity contribution in [2.45, 2.75) is 39.3 Å². The summed E-state index contributed by atoms with van der Waals surface area (Å²) in [5.41, 5.74) is 4.88. The normalized spacial score (nSPS) is 11.7. The number of rotatable bonds is 9. The molecule has 32 heavy (non-hydrogen) atoms. The standard InChI is InChI=1S/C23H27F3N4O2/c1-3-27-22(32)18-7-6-17(11-15(18)2)20-13-29-21-19(28-9-8-23(24,25)26)12-16(5-4-10-31)14-30(20)21/h6-7,11-14,28,31H,3-5,8-10H2,1-2H3,(H,27,32). The number of alkyl halides is 3. The van der Waals surface area contributed by atoms with Gasteiger partial charge in [-0.3, -0.25) is 9.20 Å². The molecule has 3 rings (SSSR count). The second-order valence-electron chi connectivity index (χ2n) is 7.61. The number of carbonyl (C=O) groups is 1. The quantitative estimate of drug-likeness (QED) is 0.455. The fourth-order valence-corrected chi connectivity index (χ4v) is 3.58. The molecule has 3 aromatic rings. The number of fused-ring (bicyclic) bond motifs is 1. The smallest absolute Gasteiger partial charge is 0.390 e. The van der Waals surface area contributed by atoms with E-state index in [2.05, 4.69) is 15.6 Å². The van der Waals surface area contributed by atoms with Crippen LogP contribution in [0.2, 0.25) is 0 Å². The van der Waals surface area contributed by atoms with Crippen LogP contribution in [0.25, 0.3) is 16.9 Å². The molecular formula is C23H27F3N4O2. The number of aryl methyl sites for hydroxylation is 2. The molecule has 9 heteroatoms. The average Bonchev–Trinajstić information content (AvgIpc) is 3.15. The van der Waals surface area contributed by atoms with Crippen LogP contribution in [-0.2, 0) is 6.42 Å². The molecule has 2 aromatic heterocycles. The van der Waals surface area contributed by atoms with Crippen LogP contribution in [0.5, 0.6) is 0 Å². The van der Waals surface area contributed by atoms with Gasteiger partial charge in [-0.25, -0.2) is 4.98 Å². The van der Waals surface area contributed by atoms with E-state index in [4.69, 9.17) is 0 Å². The van der Waals surface area contributed by atoms with Crippen molar-refractivity contribution >= 4 is 17.2 Å². The Hall–Kier alpha value is -3.07. The summed E-state index contributed by atoms with van der Waals surface area (Å²) >= 11 is 0. The lowest BCUT2D eigenvalue weighted by Gasteiger charge is -2.13. The molecule has 0 fully saturated rings. The number of aliphatic hydroxyl groups is 1. The first-order valence-corrected chi connectivity index (χ1v) is 10.5. The molecule has 0 radical (unpaired) electrons. The van der Waals surface area contributed by atoms with Gasteiger partial charge in [-0.15, -0.1) is 0 Å². The first kappa shape index (κ1) is 23.6. The minimum Gasteiger partial charge on any atom is -0.396 e. The van der Waals surface area contributed by atoms with Crippen molar-refractivity contribution in [3.05, 3.63) is 53.3 Å². The zero-order valence-electron chi connectivity index (χ0n) is 18.1. The minimum absolute atomic E-state index is 0.0200. The van der Waals surface area contributed by atoms with Gasteiger partial charge < -0.3 is 15.7 Å². The lowest BCUT2D eigenvalue weighted by Crippen LogP contribution is -2.23. The number of hydrogen-bond acceptors (Lipinski definition) is 4. The van der Waals surface area contributed by atoms with Crippen LogP contribution in [0.15, 0.2) is 36.7 Å². The molecule has 6 nitrogen and oxygen atoms in total. The molecule has 2 heterocycles. The molecule has 0 saturated carbocycles. The Morgan fingerprint density at radius 1 is 1.25 bits per heavy atom. The zero-order chi connectivity index (χ0) is 23.3. The maximum absolute atomic E-state index is 12.6. The first-order chi connectivity index (χ1) is 15.2. The minimum atomic E-state index is -4.25. The highest BCUT2D eigenvalue weighted by Crippen LogP contribution is 2.28. The van der Waals surface area contributed by atoms with Gasteiger partial charge in [0.05, 0.1) is 24.0 Å². The predicted molar refractivity (Wildman–Crippen MR) is 118 cm³/mol. The van der Waals surface area contributed by atoms with Crippen molar-refractivity contribution < 1.29 is 23.1 Å². The number of anilines is 1. The van der Waals surface area contributed by atoms with E-state index >= 15 is 0 Å². The number of pyridine rings is 1. The van der Waals surface area contributed by atoms with Gasteiger partial charge in [0.25, 0.3) is 5.91 Å². The fourth-order valence-electron chi connectivity index (χ4n) is 3.58. The van der Waals surface area contributed by atoms with Crippen LogP contribution in [0.1, 0.15) is 41.3 Å². The van der Waals surface area contributed by atoms with E-state index < -0.39 is 12.6 Å². The molecule has 0 aliphatic carbocycles. The van der Waals surface area contributed by atoms with Gasteiger partial charge in [-0.1, -0.05) is 6.07 Å². The second kappa shape index (κ2) is 10.0. The Morgan fingerprint density at radius 3 is 2.69 bits per heavy atom. The van der Waals surface area contributed by atoms with Crippen molar-refractivity contribution in [2.75, 3.05) is 25.0 Å². The maximum atomic E-state index is 12.6. The monoisotopic (exact) mass is 448 g/mol. The molecule has 172 valence electrons. The van der Waals surface area contributed by atoms with Crippen molar-refractivity contribution in [1.29, 1.82) is 0 Å². The number of benzene rings is 1. The van der Waals surface area contributed by atoms with Gasteiger partial charge in [0.2, 0.25) is 0 Å². The number of carbonyl (C=O) groups excluding carboxylic acids is 1. The third kappa shape index (κ3) is 5.59. The van der Waals surface area contributed by atoms with Crippen LogP contribution in [-0.4, -0.2) is 46.3 Å². The lowest BCUT2D eigenvalue weighted by atomic mass is 10.0. The topological polar surface area (TPSA) is 78.7 Å². The van der Waals surface area contributed by atoms with E-state index in [9.17, 15) is 23.1 Å². The number of halogens is 3. The van der Waals surface area contributed by atoms with E-state index in [1.165, 1.54) is 0 Å². The summed E-state index contributed by atoms with van der Waals surface area (Å²) in [6.07, 6.45) is -0.531. The van der Waals surface area contributed by atoms with Crippen molar-refractivity contribution in [1.82, 2.24) is 14.7 Å². The molecule has 0 bridgehead atoms. The van der Waals surface area contributed by atoms with Crippen LogP contribution >= 0.6 is 0 Å². The van der Waals surface area contributed by atoms with E-state index in [-0.39, 0.29) is 19.1 Å². The maximum Gasteiger partial charge on any atom is 0.390 e. The summed E-state index contributed by atoms with van der Waals surface area (Å²) in [6, 6.07) is 7.26. The van der Waals surface area contributed by atoms with Crippen LogP contribution in [0, 0.1) is 6.92 Å². The average molecular weight is 448 g/mol. The molecule has 3 N–H and O–H groups in total. The second-order valence-corrected chi connectivity index (χ2v) is 7.61. The molecule has 0 aliphatic rings. The van der Waals surface area contributed by atoms with Crippen LogP contribution in [0.4, 0.5) is 18.9 Å². The van der Waals surface area contributed by atoms with Gasteiger partial charge in [0.1, 0.15) is 0 Å². The number of nitrogens with zero attached hydrogens (tertiary/aromatic N) is 2. The SMILES string of the molecule is CCNC(=O)c1ccc(-c2cnc3c(NCCC(F)(F)F)cc(CCCO)cn23)cc1C. The summed E-state index contributed by atoms with van der Waals surface area (Å²) < 4.78 is 39.6. The highest BCUT2D eigenvalue weighted by atomic mass is 19.4. The van der Waals surface area contributed by atoms with E-state index in [0.717, 1.165) is 22.4 Å². The molecule has 0 spiro atoms. The number of aliphatic hydroxyl groups excluding tert-OH is 1. The number of aromatic nitrogens is 2. The summed E-state index contributed by atoms with van der Waals surface area (Å²) in [4.78, 5) is 16.6.